The van der Waals surface area contributed by atoms with E-state index in [0.29, 0.717) is 0 Å². The van der Waals surface area contributed by atoms with Gasteiger partial charge in [0.2, 0.25) is 18.3 Å². The molecule has 0 saturated carbocycles. The summed E-state index contributed by atoms with van der Waals surface area (Å²) in [5, 5.41) is 20.5. The van der Waals surface area contributed by atoms with Crippen LogP contribution in [-0.2, 0) is 25.6 Å². The molecular formula is C17H20ClN7O7. The van der Waals surface area contributed by atoms with Crippen molar-refractivity contribution in [1.82, 2.24) is 15.0 Å². The normalized spacial score (nSPS) is 11.0. The fourth-order valence-electron chi connectivity index (χ4n) is 2.61. The number of amides is 2. The van der Waals surface area contributed by atoms with Gasteiger partial charge in [0, 0.05) is 6.42 Å². The number of H-pyrrole nitrogens is 1. The van der Waals surface area contributed by atoms with Gasteiger partial charge in [0.25, 0.3) is 5.56 Å². The first-order valence-corrected chi connectivity index (χ1v) is 8.70. The molecule has 0 unspecified atom stereocenters. The van der Waals surface area contributed by atoms with Crippen molar-refractivity contribution in [2.24, 2.45) is 0 Å². The van der Waals surface area contributed by atoms with Crippen LogP contribution in [0, 0.1) is 0 Å². The van der Waals surface area contributed by atoms with E-state index in [4.69, 9.17) is 16.6 Å². The van der Waals surface area contributed by atoms with Gasteiger partial charge in [-0.3, -0.25) is 29.1 Å². The van der Waals surface area contributed by atoms with Crippen LogP contribution in [-0.4, -0.2) is 55.5 Å². The van der Waals surface area contributed by atoms with E-state index in [2.05, 4.69) is 20.3 Å². The zero-order chi connectivity index (χ0) is 23.1. The van der Waals surface area contributed by atoms with Crippen molar-refractivity contribution >= 4 is 59.9 Å². The Hall–Kier alpha value is -4.20. The summed E-state index contributed by atoms with van der Waals surface area (Å²) in [7, 11) is 0. The molecule has 172 valence electrons. The third kappa shape index (κ3) is 6.66. The minimum absolute atomic E-state index is 0. The molecule has 8 N–H and O–H groups in total. The molecule has 2 aromatic heterocycles. The number of aromatic nitrogens is 3. The summed E-state index contributed by atoms with van der Waals surface area (Å²) in [5.74, 6) is -3.65. The molecule has 0 aliphatic heterocycles. The van der Waals surface area contributed by atoms with Gasteiger partial charge in [-0.1, -0.05) is 0 Å². The van der Waals surface area contributed by atoms with Gasteiger partial charge >= 0.3 is 11.9 Å². The third-order valence-corrected chi connectivity index (χ3v) is 4.07. The topological polar surface area (TPSA) is 235 Å². The van der Waals surface area contributed by atoms with Gasteiger partial charge in [-0.15, -0.1) is 12.4 Å². The number of anilines is 4. The summed E-state index contributed by atoms with van der Waals surface area (Å²) in [5.41, 5.74) is 10.4. The number of nitrogen functional groups attached to an aromatic ring is 2. The Balaban J connectivity index is 0.00000512. The lowest BCUT2D eigenvalue weighted by atomic mass is 10.1. The van der Waals surface area contributed by atoms with Gasteiger partial charge in [0.05, 0.1) is 23.9 Å². The number of hydrogen-bond acceptors (Lipinski definition) is 9. The molecule has 2 heterocycles. The van der Waals surface area contributed by atoms with Crippen LogP contribution in [0.1, 0.15) is 18.4 Å². The van der Waals surface area contributed by atoms with Gasteiger partial charge in [0.1, 0.15) is 17.7 Å². The highest BCUT2D eigenvalue weighted by Crippen LogP contribution is 2.18. The molecule has 0 aliphatic carbocycles. The van der Waals surface area contributed by atoms with Crippen molar-refractivity contribution in [3.8, 4) is 0 Å². The highest BCUT2D eigenvalue weighted by molar-refractivity contribution is 5.93. The predicted octanol–water partition coefficient (Wildman–Crippen LogP) is -0.787. The molecule has 0 bridgehead atoms. The van der Waals surface area contributed by atoms with Crippen LogP contribution < -0.4 is 27.2 Å². The largest absolute Gasteiger partial charge is 0.481 e. The number of carbonyl (C=O) groups is 4. The average Bonchev–Trinajstić information content (AvgIpc) is 2.68. The standard InChI is InChI=1S/C17H19N7O7.ClH/c18-14-9(15(29)23-17(19)22-14)5-12(26)21-8-1-3-11(20-6-8)24(7-25)10(16(30)31)2-4-13(27)28;/h1,3,6-7,10H,2,4-5H2,(H,21,26)(H,27,28)(H,30,31)(H5,18,19,22,23,29);1H/t10-;/m0./s1. The maximum atomic E-state index is 12.2. The minimum atomic E-state index is -1.44. The molecule has 0 radical (unpaired) electrons. The van der Waals surface area contributed by atoms with E-state index in [1.807, 2.05) is 0 Å². The smallest absolute Gasteiger partial charge is 0.326 e. The van der Waals surface area contributed by atoms with Crippen LogP contribution in [0.3, 0.4) is 0 Å². The quantitative estimate of drug-likeness (QED) is 0.236. The maximum Gasteiger partial charge on any atom is 0.326 e. The molecule has 0 aliphatic rings. The highest BCUT2D eigenvalue weighted by Gasteiger charge is 2.27. The van der Waals surface area contributed by atoms with Crippen LogP contribution in [0.4, 0.5) is 23.3 Å². The number of carbonyl (C=O) groups excluding carboxylic acids is 2. The molecule has 0 fully saturated rings. The number of pyridine rings is 1. The first-order valence-electron chi connectivity index (χ1n) is 8.70. The van der Waals surface area contributed by atoms with Crippen LogP contribution >= 0.6 is 12.4 Å². The Morgan fingerprint density at radius 1 is 1.25 bits per heavy atom. The molecule has 15 heteroatoms. The Morgan fingerprint density at radius 3 is 2.44 bits per heavy atom. The van der Waals surface area contributed by atoms with E-state index in [0.717, 1.165) is 11.1 Å². The fraction of sp³-hybridized carbons (Fsp3) is 0.235. The van der Waals surface area contributed by atoms with E-state index >= 15 is 0 Å². The molecule has 2 amide bonds. The van der Waals surface area contributed by atoms with Crippen molar-refractivity contribution < 1.29 is 29.4 Å². The Bertz CT molecular complexity index is 1060. The Morgan fingerprint density at radius 2 is 1.94 bits per heavy atom. The van der Waals surface area contributed by atoms with Crippen LogP contribution in [0.25, 0.3) is 0 Å². The lowest BCUT2D eigenvalue weighted by Crippen LogP contribution is -2.41. The first kappa shape index (κ1) is 25.8. The SMILES string of the molecule is Cl.Nc1nc(N)c(CC(=O)Nc2ccc(N(C=O)[C@@H](CCC(=O)O)C(=O)O)nc2)c(=O)[nH]1. The van der Waals surface area contributed by atoms with Crippen LogP contribution in [0.5, 0.6) is 0 Å². The fourth-order valence-corrected chi connectivity index (χ4v) is 2.61. The minimum Gasteiger partial charge on any atom is -0.481 e. The maximum absolute atomic E-state index is 12.2. The first-order chi connectivity index (χ1) is 14.6. The second kappa shape index (κ2) is 11.3. The third-order valence-electron chi connectivity index (χ3n) is 4.07. The van der Waals surface area contributed by atoms with E-state index < -0.39 is 42.3 Å². The summed E-state index contributed by atoms with van der Waals surface area (Å²) in [6.45, 7) is 0. The molecule has 0 aromatic carbocycles. The van der Waals surface area contributed by atoms with Gasteiger partial charge in [-0.05, 0) is 18.6 Å². The molecule has 2 rings (SSSR count). The Kier molecular flexibility index (Phi) is 9.09. The molecule has 32 heavy (non-hydrogen) atoms. The molecule has 0 spiro atoms. The number of hydrogen-bond donors (Lipinski definition) is 6. The van der Waals surface area contributed by atoms with E-state index in [1.54, 1.807) is 0 Å². The molecule has 2 aromatic rings. The van der Waals surface area contributed by atoms with Crippen LogP contribution in [0.2, 0.25) is 0 Å². The van der Waals surface area contributed by atoms with E-state index in [1.165, 1.54) is 12.1 Å². The van der Waals surface area contributed by atoms with Gasteiger partial charge < -0.3 is 27.0 Å². The van der Waals surface area contributed by atoms with Crippen molar-refractivity contribution in [3.05, 3.63) is 34.2 Å². The van der Waals surface area contributed by atoms with E-state index in [-0.39, 0.29) is 54.1 Å². The van der Waals surface area contributed by atoms with Crippen molar-refractivity contribution in [2.45, 2.75) is 25.3 Å². The monoisotopic (exact) mass is 469 g/mol. The van der Waals surface area contributed by atoms with Crippen molar-refractivity contribution in [3.63, 3.8) is 0 Å². The number of nitrogens with two attached hydrogens (primary N) is 2. The van der Waals surface area contributed by atoms with Gasteiger partial charge in [0.15, 0.2) is 0 Å². The summed E-state index contributed by atoms with van der Waals surface area (Å²) >= 11 is 0. The van der Waals surface area contributed by atoms with E-state index in [9.17, 15) is 29.1 Å². The summed E-state index contributed by atoms with van der Waals surface area (Å²) in [6, 6.07) is 1.18. The summed E-state index contributed by atoms with van der Waals surface area (Å²) in [6.07, 6.45) is 0.207. The molecule has 1 atom stereocenters. The second-order valence-electron chi connectivity index (χ2n) is 6.24. The lowest BCUT2D eigenvalue weighted by Gasteiger charge is -2.23. The van der Waals surface area contributed by atoms with Crippen molar-refractivity contribution in [1.29, 1.82) is 0 Å². The zero-order valence-corrected chi connectivity index (χ0v) is 17.2. The average molecular weight is 470 g/mol. The number of rotatable bonds is 10. The number of carboxylic acid groups (broad SMARTS) is 2. The predicted molar refractivity (Wildman–Crippen MR) is 114 cm³/mol. The number of nitrogens with zero attached hydrogens (tertiary/aromatic N) is 3. The zero-order valence-electron chi connectivity index (χ0n) is 16.3. The molecule has 14 nitrogen and oxygen atoms in total. The molecular weight excluding hydrogens is 450 g/mol. The number of carboxylic acids is 2. The van der Waals surface area contributed by atoms with Gasteiger partial charge in [-0.2, -0.15) is 4.98 Å². The number of nitrogens with one attached hydrogen (secondary N) is 2. The van der Waals surface area contributed by atoms with Crippen LogP contribution in [0.15, 0.2) is 23.1 Å². The number of aliphatic carboxylic acids is 2. The van der Waals surface area contributed by atoms with Crippen molar-refractivity contribution in [2.75, 3.05) is 21.7 Å². The number of halogens is 1. The highest BCUT2D eigenvalue weighted by atomic mass is 35.5. The Labute approximate surface area is 186 Å². The molecule has 0 saturated heterocycles. The van der Waals surface area contributed by atoms with Gasteiger partial charge in [-0.25, -0.2) is 9.78 Å². The lowest BCUT2D eigenvalue weighted by molar-refractivity contribution is -0.140. The summed E-state index contributed by atoms with van der Waals surface area (Å²) in [4.78, 5) is 68.2. The summed E-state index contributed by atoms with van der Waals surface area (Å²) < 4.78 is 0. The second-order valence-corrected chi connectivity index (χ2v) is 6.24. The number of aromatic amines is 1.